The summed E-state index contributed by atoms with van der Waals surface area (Å²) in [4.78, 5) is 3.65. The molecule has 0 spiro atoms. The molecule has 0 saturated carbocycles. The van der Waals surface area contributed by atoms with Gasteiger partial charge in [-0.3, -0.25) is 0 Å². The average molecular weight is 358 g/mol. The van der Waals surface area contributed by atoms with Crippen molar-refractivity contribution < 1.29 is 0 Å². The number of nitrogens with one attached hydrogen (secondary N) is 1. The average Bonchev–Trinajstić information content (AvgIpc) is 3.29. The fourth-order valence-corrected chi connectivity index (χ4v) is 4.29. The molecule has 0 unspecified atom stereocenters. The van der Waals surface area contributed by atoms with Gasteiger partial charge in [-0.05, 0) is 41.0 Å². The van der Waals surface area contributed by atoms with Crippen molar-refractivity contribution in [1.29, 1.82) is 0 Å². The van der Waals surface area contributed by atoms with Crippen molar-refractivity contribution in [2.45, 2.75) is 0 Å². The molecule has 0 aliphatic heterocycles. The highest BCUT2D eigenvalue weighted by Gasteiger charge is 2.18. The molecule has 2 heteroatoms. The second kappa shape index (κ2) is 5.86. The summed E-state index contributed by atoms with van der Waals surface area (Å²) in [5, 5.41) is 2.55. The lowest BCUT2D eigenvalue weighted by atomic mass is 9.99. The molecule has 0 amide bonds. The van der Waals surface area contributed by atoms with Crippen molar-refractivity contribution in [2.24, 2.45) is 0 Å². The van der Waals surface area contributed by atoms with Crippen LogP contribution in [0.25, 0.3) is 49.7 Å². The number of hydrogen-bond donors (Lipinski definition) is 1. The van der Waals surface area contributed by atoms with Gasteiger partial charge < -0.3 is 9.38 Å². The fraction of sp³-hybridized carbons (Fsp3) is 0. The van der Waals surface area contributed by atoms with Crippen LogP contribution in [0.15, 0.2) is 103 Å². The van der Waals surface area contributed by atoms with Crippen LogP contribution in [0.4, 0.5) is 0 Å². The Morgan fingerprint density at radius 2 is 1.32 bits per heavy atom. The van der Waals surface area contributed by atoms with E-state index >= 15 is 0 Å². The minimum Gasteiger partial charge on any atom is -0.340 e. The summed E-state index contributed by atoms with van der Waals surface area (Å²) in [5.41, 5.74) is 8.55. The van der Waals surface area contributed by atoms with Gasteiger partial charge in [0.15, 0.2) is 0 Å². The molecule has 0 radical (unpaired) electrons. The Bertz CT molecular complexity index is 1440. The number of H-pyrrole nitrogens is 1. The van der Waals surface area contributed by atoms with Gasteiger partial charge in [0.05, 0.1) is 5.52 Å². The first-order chi connectivity index (χ1) is 13.9. The number of fused-ring (bicyclic) bond motifs is 5. The number of aromatic amines is 1. The van der Waals surface area contributed by atoms with E-state index < -0.39 is 0 Å². The van der Waals surface area contributed by atoms with Crippen LogP contribution in [0.5, 0.6) is 0 Å². The number of rotatable bonds is 2. The van der Waals surface area contributed by atoms with Gasteiger partial charge in [0, 0.05) is 28.0 Å². The molecule has 0 atom stereocenters. The summed E-state index contributed by atoms with van der Waals surface area (Å²) in [5.74, 6) is 0. The third-order valence-corrected chi connectivity index (χ3v) is 5.56. The quantitative estimate of drug-likeness (QED) is 0.347. The normalized spacial score (nSPS) is 11.6. The Labute approximate surface area is 162 Å². The number of benzene rings is 3. The molecule has 3 aromatic carbocycles. The molecule has 0 fully saturated rings. The summed E-state index contributed by atoms with van der Waals surface area (Å²) in [6, 6.07) is 34.4. The highest BCUT2D eigenvalue weighted by atomic mass is 15.0. The highest BCUT2D eigenvalue weighted by molar-refractivity contribution is 6.19. The maximum Gasteiger partial charge on any atom is 0.123 e. The minimum absolute atomic E-state index is 1.15. The number of hydrogen-bond acceptors (Lipinski definition) is 0. The third kappa shape index (κ3) is 2.15. The molecule has 3 aromatic heterocycles. The smallest absolute Gasteiger partial charge is 0.123 e. The van der Waals surface area contributed by atoms with E-state index in [1.54, 1.807) is 0 Å². The predicted molar refractivity (Wildman–Crippen MR) is 118 cm³/mol. The van der Waals surface area contributed by atoms with Gasteiger partial charge in [-0.1, -0.05) is 72.8 Å². The van der Waals surface area contributed by atoms with Crippen LogP contribution < -0.4 is 0 Å². The molecular formula is C26H18N2. The molecule has 0 aliphatic carbocycles. The van der Waals surface area contributed by atoms with Crippen LogP contribution in [-0.4, -0.2) is 9.38 Å². The lowest BCUT2D eigenvalue weighted by Gasteiger charge is -2.04. The van der Waals surface area contributed by atoms with Crippen molar-refractivity contribution in [3.8, 4) is 22.3 Å². The number of pyridine rings is 1. The number of nitrogens with zero attached hydrogens (tertiary/aromatic N) is 1. The van der Waals surface area contributed by atoms with Gasteiger partial charge in [0.2, 0.25) is 0 Å². The standard InChI is InChI=1S/C26H18N2/c1-3-9-18(10-4-1)20-14-15-22-21(17-20)25-24(19-11-5-2-6-12-19)23-13-7-8-16-28(23)26(25)27-22/h1-17,27H. The zero-order valence-electron chi connectivity index (χ0n) is 15.3. The third-order valence-electron chi connectivity index (χ3n) is 5.56. The summed E-state index contributed by atoms with van der Waals surface area (Å²) >= 11 is 0. The predicted octanol–water partition coefficient (Wildman–Crippen LogP) is 6.91. The Hall–Kier alpha value is -3.78. The van der Waals surface area contributed by atoms with Crippen LogP contribution in [0.1, 0.15) is 0 Å². The first kappa shape index (κ1) is 15.3. The van der Waals surface area contributed by atoms with Gasteiger partial charge in [0.25, 0.3) is 0 Å². The maximum atomic E-state index is 3.65. The zero-order chi connectivity index (χ0) is 18.5. The van der Waals surface area contributed by atoms with E-state index in [0.717, 1.165) is 5.65 Å². The van der Waals surface area contributed by atoms with Gasteiger partial charge in [-0.2, -0.15) is 0 Å². The summed E-state index contributed by atoms with van der Waals surface area (Å²) in [7, 11) is 0. The Morgan fingerprint density at radius 3 is 2.11 bits per heavy atom. The van der Waals surface area contributed by atoms with Crippen LogP contribution >= 0.6 is 0 Å². The zero-order valence-corrected chi connectivity index (χ0v) is 15.3. The Kier molecular flexibility index (Phi) is 3.20. The molecule has 2 nitrogen and oxygen atoms in total. The molecule has 132 valence electrons. The molecule has 1 N–H and O–H groups in total. The molecule has 6 aromatic rings. The van der Waals surface area contributed by atoms with Gasteiger partial charge in [0.1, 0.15) is 5.65 Å². The van der Waals surface area contributed by atoms with Crippen molar-refractivity contribution in [2.75, 3.05) is 0 Å². The molecule has 3 heterocycles. The highest BCUT2D eigenvalue weighted by Crippen LogP contribution is 2.40. The van der Waals surface area contributed by atoms with E-state index in [4.69, 9.17) is 0 Å². The van der Waals surface area contributed by atoms with Crippen LogP contribution in [0.2, 0.25) is 0 Å². The maximum absolute atomic E-state index is 3.65. The Balaban J connectivity index is 1.76. The van der Waals surface area contributed by atoms with E-state index in [2.05, 4.69) is 113 Å². The molecular weight excluding hydrogens is 340 g/mol. The molecule has 0 saturated heterocycles. The lowest BCUT2D eigenvalue weighted by Crippen LogP contribution is -1.84. The largest absolute Gasteiger partial charge is 0.340 e. The Morgan fingerprint density at radius 1 is 0.607 bits per heavy atom. The van der Waals surface area contributed by atoms with Gasteiger partial charge >= 0.3 is 0 Å². The van der Waals surface area contributed by atoms with Crippen molar-refractivity contribution in [1.82, 2.24) is 9.38 Å². The second-order valence-electron chi connectivity index (χ2n) is 7.17. The first-order valence-electron chi connectivity index (χ1n) is 9.55. The number of aromatic nitrogens is 2. The molecule has 0 bridgehead atoms. The minimum atomic E-state index is 1.15. The SMILES string of the molecule is c1ccc(-c2ccc3[nH]c4c(c(-c5ccccc5)c5ccccn54)c3c2)cc1. The van der Waals surface area contributed by atoms with Crippen molar-refractivity contribution in [3.63, 3.8) is 0 Å². The van der Waals surface area contributed by atoms with Crippen molar-refractivity contribution >= 4 is 27.5 Å². The van der Waals surface area contributed by atoms with E-state index in [1.807, 2.05) is 0 Å². The van der Waals surface area contributed by atoms with E-state index in [9.17, 15) is 0 Å². The molecule has 28 heavy (non-hydrogen) atoms. The topological polar surface area (TPSA) is 20.2 Å². The molecule has 6 rings (SSSR count). The summed E-state index contributed by atoms with van der Waals surface area (Å²) in [6.07, 6.45) is 2.14. The van der Waals surface area contributed by atoms with Gasteiger partial charge in [-0.25, -0.2) is 0 Å². The summed E-state index contributed by atoms with van der Waals surface area (Å²) in [6.45, 7) is 0. The van der Waals surface area contributed by atoms with E-state index in [1.165, 1.54) is 44.1 Å². The van der Waals surface area contributed by atoms with Gasteiger partial charge in [-0.15, -0.1) is 0 Å². The molecule has 0 aliphatic rings. The monoisotopic (exact) mass is 358 g/mol. The van der Waals surface area contributed by atoms with E-state index in [-0.39, 0.29) is 0 Å². The van der Waals surface area contributed by atoms with Crippen LogP contribution in [-0.2, 0) is 0 Å². The van der Waals surface area contributed by atoms with Crippen LogP contribution in [0, 0.1) is 0 Å². The van der Waals surface area contributed by atoms with Crippen LogP contribution in [0.3, 0.4) is 0 Å². The van der Waals surface area contributed by atoms with Crippen molar-refractivity contribution in [3.05, 3.63) is 103 Å². The van der Waals surface area contributed by atoms with E-state index in [0.29, 0.717) is 0 Å². The second-order valence-corrected chi connectivity index (χ2v) is 7.17. The first-order valence-corrected chi connectivity index (χ1v) is 9.55. The fourth-order valence-electron chi connectivity index (χ4n) is 4.29. The lowest BCUT2D eigenvalue weighted by molar-refractivity contribution is 1.22. The summed E-state index contributed by atoms with van der Waals surface area (Å²) < 4.78 is 2.26.